The molecular formula is C45H60N6O9S2. The fraction of sp³-hybridized carbons (Fsp3) is 0.600. The number of carbonyl (C=O) groups is 4. The first-order valence-corrected chi connectivity index (χ1v) is 24.0. The van der Waals surface area contributed by atoms with Crippen LogP contribution in [-0.4, -0.2) is 94.8 Å². The molecule has 4 aliphatic rings. The number of alkyl carbamates (subject to hydrolysis) is 1. The summed E-state index contributed by atoms with van der Waals surface area (Å²) < 4.78 is 46.0. The minimum absolute atomic E-state index is 0.0388. The molecule has 2 aliphatic carbocycles. The summed E-state index contributed by atoms with van der Waals surface area (Å²) in [6.07, 6.45) is 6.48. The molecule has 0 unspecified atom stereocenters. The number of sulfonamides is 1. The van der Waals surface area contributed by atoms with Crippen molar-refractivity contribution < 1.29 is 41.8 Å². The number of amides is 4. The Bertz CT molecular complexity index is 2390. The zero-order valence-corrected chi connectivity index (χ0v) is 38.8. The molecule has 15 nitrogen and oxygen atoms in total. The molecule has 0 spiro atoms. The van der Waals surface area contributed by atoms with Gasteiger partial charge in [0.1, 0.15) is 51.5 Å². The molecule has 0 radical (unpaired) electrons. The summed E-state index contributed by atoms with van der Waals surface area (Å²) in [6.45, 7) is 14.6. The predicted molar refractivity (Wildman–Crippen MR) is 236 cm³/mol. The molecule has 6 atom stereocenters. The lowest BCUT2D eigenvalue weighted by molar-refractivity contribution is -0.142. The fourth-order valence-corrected chi connectivity index (χ4v) is 10.6. The zero-order valence-electron chi connectivity index (χ0n) is 37.1. The average molecular weight is 893 g/mol. The summed E-state index contributed by atoms with van der Waals surface area (Å²) in [5.41, 5.74) is 0.584. The minimum Gasteiger partial charge on any atom is -0.496 e. The molecule has 1 aromatic carbocycles. The van der Waals surface area contributed by atoms with Gasteiger partial charge in [-0.15, -0.1) is 11.3 Å². The molecule has 0 bridgehead atoms. The van der Waals surface area contributed by atoms with Crippen LogP contribution in [0.5, 0.6) is 11.5 Å². The zero-order chi connectivity index (χ0) is 44.9. The highest BCUT2D eigenvalue weighted by atomic mass is 32.2. The van der Waals surface area contributed by atoms with E-state index in [4.69, 9.17) is 24.2 Å². The molecule has 3 N–H and O–H groups in total. The summed E-state index contributed by atoms with van der Waals surface area (Å²) in [4.78, 5) is 68.4. The number of hydrogen-bond donors (Lipinski definition) is 3. The minimum atomic E-state index is -4.02. The Kier molecular flexibility index (Phi) is 12.5. The van der Waals surface area contributed by atoms with Crippen LogP contribution in [0.2, 0.25) is 0 Å². The number of carbonyl (C=O) groups excluding carboxylic acids is 4. The lowest BCUT2D eigenvalue weighted by Crippen LogP contribution is -2.59. The summed E-state index contributed by atoms with van der Waals surface area (Å²) in [5, 5.41) is 9.16. The van der Waals surface area contributed by atoms with Crippen molar-refractivity contribution in [3.8, 4) is 22.2 Å². The Morgan fingerprint density at radius 2 is 1.82 bits per heavy atom. The smallest absolute Gasteiger partial charge is 0.408 e. The molecule has 2 saturated carbocycles. The number of fused-ring (bicyclic) bond motifs is 3. The van der Waals surface area contributed by atoms with Crippen LogP contribution in [0.4, 0.5) is 4.79 Å². The van der Waals surface area contributed by atoms with E-state index < -0.39 is 79.7 Å². The van der Waals surface area contributed by atoms with Gasteiger partial charge < -0.3 is 29.7 Å². The predicted octanol–water partition coefficient (Wildman–Crippen LogP) is 6.68. The van der Waals surface area contributed by atoms with Crippen LogP contribution < -0.4 is 24.8 Å². The SMILES string of the molecule is COc1ccc2c(O[C@H]3CN4C(=O)[C@@H](NC(=O)OC(C)(C)C)CCCCC/C=C\[C@@H]5C[C@@]5(C(=O)NS(=O)(=O)C5(C)CC5)NC(=O)[C@@H]4[C@H]3C)cc(-c3nc(C(C)C)cs3)nc2c1C. The van der Waals surface area contributed by atoms with Crippen molar-refractivity contribution in [1.29, 1.82) is 0 Å². The number of aryl methyl sites for hydroxylation is 1. The average Bonchev–Trinajstić information content (AvgIpc) is 4.00. The van der Waals surface area contributed by atoms with E-state index in [9.17, 15) is 27.6 Å². The van der Waals surface area contributed by atoms with E-state index in [1.165, 1.54) is 16.2 Å². The highest BCUT2D eigenvalue weighted by Gasteiger charge is 2.63. The third kappa shape index (κ3) is 9.15. The van der Waals surface area contributed by atoms with E-state index in [-0.39, 0.29) is 18.9 Å². The van der Waals surface area contributed by atoms with Crippen LogP contribution in [0.15, 0.2) is 35.7 Å². The van der Waals surface area contributed by atoms with Crippen LogP contribution in [0, 0.1) is 18.8 Å². The number of benzene rings is 1. The van der Waals surface area contributed by atoms with Gasteiger partial charge >= 0.3 is 6.09 Å². The van der Waals surface area contributed by atoms with Gasteiger partial charge in [0.25, 0.3) is 5.91 Å². The Morgan fingerprint density at radius 3 is 2.48 bits per heavy atom. The van der Waals surface area contributed by atoms with Crippen molar-refractivity contribution in [2.24, 2.45) is 11.8 Å². The molecule has 336 valence electrons. The Morgan fingerprint density at radius 1 is 1.08 bits per heavy atom. The first kappa shape index (κ1) is 45.3. The Hall–Kier alpha value is -4.77. The van der Waals surface area contributed by atoms with Crippen molar-refractivity contribution in [1.82, 2.24) is 30.2 Å². The van der Waals surface area contributed by atoms with Gasteiger partial charge in [0.05, 0.1) is 29.6 Å². The monoisotopic (exact) mass is 892 g/mol. The summed E-state index contributed by atoms with van der Waals surface area (Å²) in [6, 6.07) is 3.33. The first-order chi connectivity index (χ1) is 29.2. The first-order valence-electron chi connectivity index (χ1n) is 21.6. The maximum atomic E-state index is 14.9. The lowest BCUT2D eigenvalue weighted by atomic mass is 9.98. The van der Waals surface area contributed by atoms with E-state index in [0.717, 1.165) is 24.1 Å². The standard InChI is InChI=1S/C45H60N6O9S2/c1-25(2)32-24-61-39(47-32)31-21-34(29-17-18-33(58-9)26(3)36(29)46-31)59-35-23-51-37(27(35)4)38(52)49-45(41(54)50-62(56,57)44(8)19-20-44)22-28(45)15-13-11-10-12-14-16-30(40(51)53)48-42(55)60-43(5,6)7/h13,15,17-18,21,24-25,27-28,30,35,37H,10-12,14,16,19-20,22-23H2,1-9H3,(H,48,55)(H,49,52)(H,50,54)/b15-13-/t27-,28+,30-,35-,37-,45+/m0/s1. The number of pyridine rings is 1. The van der Waals surface area contributed by atoms with Gasteiger partial charge in [-0.3, -0.25) is 19.1 Å². The Labute approximate surface area is 368 Å². The van der Waals surface area contributed by atoms with Crippen LogP contribution in [0.25, 0.3) is 21.6 Å². The number of ether oxygens (including phenoxy) is 3. The molecule has 3 aromatic rings. The van der Waals surface area contributed by atoms with Gasteiger partial charge in [-0.1, -0.05) is 45.8 Å². The molecular weight excluding hydrogens is 833 g/mol. The molecule has 2 aromatic heterocycles. The van der Waals surface area contributed by atoms with E-state index in [2.05, 4.69) is 29.2 Å². The molecule has 62 heavy (non-hydrogen) atoms. The van der Waals surface area contributed by atoms with Gasteiger partial charge in [-0.05, 0) is 91.2 Å². The summed E-state index contributed by atoms with van der Waals surface area (Å²) >= 11 is 1.48. The highest BCUT2D eigenvalue weighted by Crippen LogP contribution is 2.48. The third-order valence-electron chi connectivity index (χ3n) is 12.6. The van der Waals surface area contributed by atoms with E-state index in [1.807, 2.05) is 49.6 Å². The van der Waals surface area contributed by atoms with Gasteiger partial charge in [0.2, 0.25) is 21.8 Å². The highest BCUT2D eigenvalue weighted by molar-refractivity contribution is 7.91. The number of rotatable bonds is 9. The maximum Gasteiger partial charge on any atom is 0.408 e. The van der Waals surface area contributed by atoms with E-state index in [1.54, 1.807) is 34.8 Å². The lowest BCUT2D eigenvalue weighted by Gasteiger charge is -2.31. The van der Waals surface area contributed by atoms with Gasteiger partial charge in [-0.2, -0.15) is 0 Å². The van der Waals surface area contributed by atoms with Gasteiger partial charge in [0.15, 0.2) is 0 Å². The third-order valence-corrected chi connectivity index (χ3v) is 15.7. The second-order valence-corrected chi connectivity index (χ2v) is 22.0. The summed E-state index contributed by atoms with van der Waals surface area (Å²) in [7, 11) is -2.43. The van der Waals surface area contributed by atoms with Gasteiger partial charge in [0, 0.05) is 34.2 Å². The normalized spacial score (nSPS) is 26.9. The summed E-state index contributed by atoms with van der Waals surface area (Å²) in [5.74, 6) is -1.73. The molecule has 7 rings (SSSR count). The fourth-order valence-electron chi connectivity index (χ4n) is 8.36. The van der Waals surface area contributed by atoms with Crippen molar-refractivity contribution in [3.63, 3.8) is 0 Å². The number of hydrogen-bond acceptors (Lipinski definition) is 12. The van der Waals surface area contributed by atoms with E-state index >= 15 is 0 Å². The molecule has 4 heterocycles. The largest absolute Gasteiger partial charge is 0.496 e. The van der Waals surface area contributed by atoms with Crippen LogP contribution in [0.1, 0.15) is 117 Å². The Balaban J connectivity index is 1.27. The van der Waals surface area contributed by atoms with Crippen molar-refractivity contribution in [2.75, 3.05) is 13.7 Å². The quantitative estimate of drug-likeness (QED) is 0.194. The molecule has 2 aliphatic heterocycles. The van der Waals surface area contributed by atoms with Gasteiger partial charge in [-0.25, -0.2) is 23.2 Å². The van der Waals surface area contributed by atoms with Crippen molar-refractivity contribution >= 4 is 56.1 Å². The number of allylic oxidation sites excluding steroid dienone is 1. The number of nitrogens with one attached hydrogen (secondary N) is 3. The molecule has 1 saturated heterocycles. The molecule has 4 amide bonds. The molecule has 17 heteroatoms. The van der Waals surface area contributed by atoms with Crippen LogP contribution >= 0.6 is 11.3 Å². The number of nitrogens with zero attached hydrogens (tertiary/aromatic N) is 3. The second kappa shape index (κ2) is 17.1. The van der Waals surface area contributed by atoms with Crippen molar-refractivity contribution in [3.05, 3.63) is 47.0 Å². The van der Waals surface area contributed by atoms with E-state index in [0.29, 0.717) is 65.2 Å². The van der Waals surface area contributed by atoms with Crippen molar-refractivity contribution in [2.45, 2.75) is 147 Å². The maximum absolute atomic E-state index is 14.9. The number of methoxy groups -OCH3 is 1. The van der Waals surface area contributed by atoms with Crippen LogP contribution in [-0.2, 0) is 29.1 Å². The van der Waals surface area contributed by atoms with Crippen LogP contribution in [0.3, 0.4) is 0 Å². The molecule has 3 fully saturated rings. The topological polar surface area (TPSA) is 195 Å². The second-order valence-electron chi connectivity index (χ2n) is 18.9. The number of thiazole rings is 1. The number of aromatic nitrogens is 2.